The Balaban J connectivity index is 1.42. The fourth-order valence-electron chi connectivity index (χ4n) is 3.04. The minimum Gasteiger partial charge on any atom is -0.364 e. The maximum Gasteiger partial charge on any atom is 0.270 e. The van der Waals surface area contributed by atoms with Crippen LogP contribution in [-0.2, 0) is 11.3 Å². The normalized spacial score (nSPS) is 11.5. The standard InChI is InChI=1S/C21H19ClN8O2S/c22-16(7-3-4-10-30-12-24-28-29-30)19(32)27-20-17(18(23)31)26-21(33-20)25-15-9-8-13-5-1-2-6-14(13)11-15/h1-2,5-9,11-12H,3-4,10H2,(H2,23,31)(H,25,26)(H,27,32). The Morgan fingerprint density at radius 2 is 2.00 bits per heavy atom. The van der Waals surface area contributed by atoms with Crippen molar-refractivity contribution in [3.63, 3.8) is 0 Å². The van der Waals surface area contributed by atoms with Gasteiger partial charge in [0.25, 0.3) is 11.8 Å². The molecule has 4 N–H and O–H groups in total. The topological polar surface area (TPSA) is 141 Å². The van der Waals surface area contributed by atoms with Gasteiger partial charge in [0.05, 0.1) is 0 Å². The number of amides is 2. The number of fused-ring (bicyclic) bond motifs is 1. The van der Waals surface area contributed by atoms with Crippen molar-refractivity contribution < 1.29 is 9.59 Å². The zero-order chi connectivity index (χ0) is 23.2. The number of thiazole rings is 1. The highest BCUT2D eigenvalue weighted by molar-refractivity contribution is 7.20. The van der Waals surface area contributed by atoms with Crippen molar-refractivity contribution in [1.82, 2.24) is 25.2 Å². The molecule has 0 atom stereocenters. The van der Waals surface area contributed by atoms with E-state index < -0.39 is 11.8 Å². The number of hydrogen-bond acceptors (Lipinski definition) is 8. The van der Waals surface area contributed by atoms with E-state index in [1.807, 2.05) is 42.5 Å². The van der Waals surface area contributed by atoms with E-state index in [1.54, 1.807) is 10.8 Å². The third-order valence-electron chi connectivity index (χ3n) is 4.61. The molecule has 0 radical (unpaired) electrons. The number of nitrogens with zero attached hydrogens (tertiary/aromatic N) is 5. The smallest absolute Gasteiger partial charge is 0.270 e. The first kappa shape index (κ1) is 22.4. The number of aromatic nitrogens is 5. The van der Waals surface area contributed by atoms with Crippen LogP contribution in [0, 0.1) is 0 Å². The Morgan fingerprint density at radius 3 is 2.76 bits per heavy atom. The average Bonchev–Trinajstić information content (AvgIpc) is 3.46. The van der Waals surface area contributed by atoms with Crippen LogP contribution in [0.3, 0.4) is 0 Å². The molecule has 0 unspecified atom stereocenters. The molecule has 0 fully saturated rings. The molecule has 2 heterocycles. The molecular weight excluding hydrogens is 464 g/mol. The molecule has 0 saturated carbocycles. The molecule has 12 heteroatoms. The highest BCUT2D eigenvalue weighted by Crippen LogP contribution is 2.32. The average molecular weight is 483 g/mol. The molecule has 0 saturated heterocycles. The van der Waals surface area contributed by atoms with Crippen molar-refractivity contribution in [3.8, 4) is 0 Å². The number of aryl methyl sites for hydroxylation is 1. The summed E-state index contributed by atoms with van der Waals surface area (Å²) in [5.41, 5.74) is 6.20. The van der Waals surface area contributed by atoms with Gasteiger partial charge in [-0.1, -0.05) is 59.3 Å². The van der Waals surface area contributed by atoms with Crippen LogP contribution in [0.4, 0.5) is 15.8 Å². The van der Waals surface area contributed by atoms with Gasteiger partial charge < -0.3 is 16.4 Å². The third-order valence-corrected chi connectivity index (χ3v) is 5.82. The second kappa shape index (κ2) is 10.2. The van der Waals surface area contributed by atoms with E-state index in [9.17, 15) is 9.59 Å². The quantitative estimate of drug-likeness (QED) is 0.244. The molecule has 0 spiro atoms. The largest absolute Gasteiger partial charge is 0.364 e. The Kier molecular flexibility index (Phi) is 6.91. The van der Waals surface area contributed by atoms with Crippen molar-refractivity contribution in [2.45, 2.75) is 19.4 Å². The van der Waals surface area contributed by atoms with Crippen LogP contribution >= 0.6 is 22.9 Å². The molecular formula is C21H19ClN8O2S. The number of carbonyl (C=O) groups is 2. The summed E-state index contributed by atoms with van der Waals surface area (Å²) in [5.74, 6) is -1.31. The summed E-state index contributed by atoms with van der Waals surface area (Å²) in [4.78, 5) is 28.6. The summed E-state index contributed by atoms with van der Waals surface area (Å²) in [7, 11) is 0. The van der Waals surface area contributed by atoms with E-state index in [2.05, 4.69) is 31.1 Å². The van der Waals surface area contributed by atoms with Gasteiger partial charge in [0, 0.05) is 12.2 Å². The lowest BCUT2D eigenvalue weighted by Gasteiger charge is -2.04. The number of nitrogens with two attached hydrogens (primary N) is 1. The number of rotatable bonds is 9. The molecule has 4 aromatic rings. The van der Waals surface area contributed by atoms with Crippen LogP contribution in [-0.4, -0.2) is 37.0 Å². The van der Waals surface area contributed by atoms with E-state index in [1.165, 1.54) is 6.33 Å². The zero-order valence-corrected chi connectivity index (χ0v) is 18.8. The van der Waals surface area contributed by atoms with Gasteiger partial charge >= 0.3 is 0 Å². The molecule has 0 bridgehead atoms. The van der Waals surface area contributed by atoms with E-state index in [0.717, 1.165) is 27.8 Å². The van der Waals surface area contributed by atoms with Crippen LogP contribution in [0.15, 0.2) is 59.9 Å². The maximum atomic E-state index is 12.5. The molecule has 33 heavy (non-hydrogen) atoms. The van der Waals surface area contributed by atoms with Crippen molar-refractivity contribution in [2.75, 3.05) is 10.6 Å². The lowest BCUT2D eigenvalue weighted by atomic mass is 10.1. The van der Waals surface area contributed by atoms with Crippen LogP contribution in [0.25, 0.3) is 10.8 Å². The fourth-order valence-corrected chi connectivity index (χ4v) is 4.08. The molecule has 2 aromatic heterocycles. The van der Waals surface area contributed by atoms with Crippen molar-refractivity contribution in [1.29, 1.82) is 0 Å². The van der Waals surface area contributed by atoms with Crippen molar-refractivity contribution in [3.05, 3.63) is 65.6 Å². The van der Waals surface area contributed by atoms with Gasteiger partial charge in [-0.05, 0) is 46.2 Å². The lowest BCUT2D eigenvalue weighted by molar-refractivity contribution is -0.112. The van der Waals surface area contributed by atoms with Crippen LogP contribution in [0.5, 0.6) is 0 Å². The van der Waals surface area contributed by atoms with Gasteiger partial charge in [0.1, 0.15) is 16.4 Å². The maximum absolute atomic E-state index is 12.5. The molecule has 0 aliphatic carbocycles. The van der Waals surface area contributed by atoms with Gasteiger partial charge in [-0.25, -0.2) is 9.67 Å². The first-order chi connectivity index (χ1) is 16.0. The van der Waals surface area contributed by atoms with Crippen LogP contribution in [0.2, 0.25) is 0 Å². The Hall–Kier alpha value is -3.83. The molecule has 168 valence electrons. The van der Waals surface area contributed by atoms with Crippen LogP contribution in [0.1, 0.15) is 23.3 Å². The Labute approximate surface area is 197 Å². The number of unbranched alkanes of at least 4 members (excludes halogenated alkanes) is 1. The van der Waals surface area contributed by atoms with Gasteiger partial charge in [0.15, 0.2) is 10.8 Å². The predicted octanol–water partition coefficient (Wildman–Crippen LogP) is 3.67. The number of carbonyl (C=O) groups excluding carboxylic acids is 2. The monoisotopic (exact) mass is 482 g/mol. The van der Waals surface area contributed by atoms with Gasteiger partial charge in [0.2, 0.25) is 0 Å². The van der Waals surface area contributed by atoms with Crippen molar-refractivity contribution in [2.24, 2.45) is 5.73 Å². The minimum atomic E-state index is -0.755. The molecule has 4 rings (SSSR count). The summed E-state index contributed by atoms with van der Waals surface area (Å²) in [6.45, 7) is 0.597. The lowest BCUT2D eigenvalue weighted by Crippen LogP contribution is -2.17. The Bertz CT molecular complexity index is 1320. The van der Waals surface area contributed by atoms with Gasteiger partial charge in [-0.2, -0.15) is 0 Å². The van der Waals surface area contributed by atoms with Gasteiger partial charge in [-0.15, -0.1) is 5.10 Å². The number of anilines is 3. The third kappa shape index (κ3) is 5.70. The summed E-state index contributed by atoms with van der Waals surface area (Å²) >= 11 is 7.21. The van der Waals surface area contributed by atoms with Crippen molar-refractivity contribution >= 4 is 61.3 Å². The summed E-state index contributed by atoms with van der Waals surface area (Å²) in [6.07, 6.45) is 4.35. The fraction of sp³-hybridized carbons (Fsp3) is 0.143. The second-order valence-electron chi connectivity index (χ2n) is 6.97. The number of primary amides is 1. The number of tetrazole rings is 1. The van der Waals surface area contributed by atoms with Crippen LogP contribution < -0.4 is 16.4 Å². The number of nitrogens with one attached hydrogen (secondary N) is 2. The number of allylic oxidation sites excluding steroid dienone is 1. The molecule has 0 aliphatic heterocycles. The minimum absolute atomic E-state index is 0.000394. The summed E-state index contributed by atoms with van der Waals surface area (Å²) in [5, 5.41) is 19.4. The summed E-state index contributed by atoms with van der Waals surface area (Å²) < 4.78 is 1.59. The van der Waals surface area contributed by atoms with E-state index in [4.69, 9.17) is 17.3 Å². The first-order valence-electron chi connectivity index (χ1n) is 9.94. The van der Waals surface area contributed by atoms with E-state index in [-0.39, 0.29) is 15.7 Å². The summed E-state index contributed by atoms with van der Waals surface area (Å²) in [6, 6.07) is 13.8. The number of halogens is 1. The molecule has 2 amide bonds. The Morgan fingerprint density at radius 1 is 1.18 bits per heavy atom. The highest BCUT2D eigenvalue weighted by atomic mass is 35.5. The molecule has 2 aromatic carbocycles. The first-order valence-corrected chi connectivity index (χ1v) is 11.1. The van der Waals surface area contributed by atoms with E-state index >= 15 is 0 Å². The van der Waals surface area contributed by atoms with Gasteiger partial charge in [-0.3, -0.25) is 9.59 Å². The van der Waals surface area contributed by atoms with E-state index in [0.29, 0.717) is 24.5 Å². The zero-order valence-electron chi connectivity index (χ0n) is 17.2. The number of benzene rings is 2. The second-order valence-corrected chi connectivity index (χ2v) is 8.38. The highest BCUT2D eigenvalue weighted by Gasteiger charge is 2.19. The number of hydrogen-bond donors (Lipinski definition) is 3. The molecule has 0 aliphatic rings. The SMILES string of the molecule is NC(=O)c1nc(Nc2ccc3ccccc3c2)sc1NC(=O)C(Cl)=CCCCn1cnnn1. The predicted molar refractivity (Wildman–Crippen MR) is 127 cm³/mol. The molecule has 10 nitrogen and oxygen atoms in total.